The van der Waals surface area contributed by atoms with Gasteiger partial charge in [-0.2, -0.15) is 8.42 Å². The van der Waals surface area contributed by atoms with Gasteiger partial charge in [-0.25, -0.2) is 0 Å². The van der Waals surface area contributed by atoms with E-state index in [0.717, 1.165) is 19.3 Å². The molecule has 0 rings (SSSR count). The van der Waals surface area contributed by atoms with Gasteiger partial charge in [0, 0.05) is 0 Å². The van der Waals surface area contributed by atoms with Crippen molar-refractivity contribution in [1.29, 1.82) is 0 Å². The Hall–Kier alpha value is -0.130. The van der Waals surface area contributed by atoms with Gasteiger partial charge in [0.1, 0.15) is 0 Å². The molecule has 0 spiro atoms. The van der Waals surface area contributed by atoms with E-state index in [4.69, 9.17) is 4.55 Å². The Morgan fingerprint density at radius 2 is 1.73 bits per heavy atom. The molecule has 2 N–H and O–H groups in total. The van der Waals surface area contributed by atoms with Crippen LogP contribution in [-0.2, 0) is 10.1 Å². The number of aliphatic hydroxyl groups is 1. The maximum absolute atomic E-state index is 10.7. The number of hydrogen-bond acceptors (Lipinski definition) is 3. The van der Waals surface area contributed by atoms with Gasteiger partial charge in [0.2, 0.25) is 0 Å². The highest BCUT2D eigenvalue weighted by Crippen LogP contribution is 2.12. The van der Waals surface area contributed by atoms with Crippen molar-refractivity contribution >= 4 is 10.1 Å². The fourth-order valence-corrected chi connectivity index (χ4v) is 1.78. The Kier molecular flexibility index (Phi) is 7.13. The molecule has 0 aliphatic rings. The minimum Gasteiger partial charge on any atom is -0.393 e. The second-order valence-electron chi connectivity index (χ2n) is 4.05. The summed E-state index contributed by atoms with van der Waals surface area (Å²) in [6.07, 6.45) is 4.18. The van der Waals surface area contributed by atoms with Gasteiger partial charge in [0.25, 0.3) is 10.1 Å². The molecule has 0 amide bonds. The Balaban J connectivity index is 3.67. The van der Waals surface area contributed by atoms with Crippen LogP contribution in [0.5, 0.6) is 0 Å². The van der Waals surface area contributed by atoms with E-state index in [-0.39, 0.29) is 0 Å². The molecule has 0 aliphatic heterocycles. The molecule has 4 nitrogen and oxygen atoms in total. The number of hydrogen-bond donors (Lipinski definition) is 2. The lowest BCUT2D eigenvalue weighted by Crippen LogP contribution is -2.19. The summed E-state index contributed by atoms with van der Waals surface area (Å²) in [4.78, 5) is 0. The van der Waals surface area contributed by atoms with Crippen molar-refractivity contribution < 1.29 is 18.1 Å². The van der Waals surface area contributed by atoms with E-state index in [1.807, 2.05) is 0 Å². The zero-order valence-corrected chi connectivity index (χ0v) is 10.3. The number of unbranched alkanes of at least 4 members (excludes halogenated alkanes) is 2. The lowest BCUT2D eigenvalue weighted by atomic mass is 10.1. The minimum atomic E-state index is -3.93. The molecule has 0 radical (unpaired) electrons. The van der Waals surface area contributed by atoms with Gasteiger partial charge in [0.05, 0.1) is 11.4 Å². The molecule has 0 aromatic heterocycles. The van der Waals surface area contributed by atoms with Gasteiger partial charge < -0.3 is 5.11 Å². The summed E-state index contributed by atoms with van der Waals surface area (Å²) in [7, 11) is -3.93. The summed E-state index contributed by atoms with van der Waals surface area (Å²) in [5.74, 6) is 0. The monoisotopic (exact) mass is 238 g/mol. The van der Waals surface area contributed by atoms with Crippen LogP contribution in [0.4, 0.5) is 0 Å². The minimum absolute atomic E-state index is 0.312. The summed E-state index contributed by atoms with van der Waals surface area (Å²) in [6, 6.07) is 0. The Labute approximate surface area is 92.4 Å². The molecule has 0 heterocycles. The molecule has 0 saturated heterocycles. The number of rotatable bonds is 8. The van der Waals surface area contributed by atoms with Crippen molar-refractivity contribution in [1.82, 2.24) is 0 Å². The molecule has 0 saturated carbocycles. The lowest BCUT2D eigenvalue weighted by molar-refractivity contribution is 0.148. The first-order valence-electron chi connectivity index (χ1n) is 5.52. The highest BCUT2D eigenvalue weighted by molar-refractivity contribution is 7.86. The highest BCUT2D eigenvalue weighted by atomic mass is 32.2. The molecule has 2 atom stereocenters. The SMILES string of the molecule is CCCCCC(O)CCC(C)S(=O)(=O)O. The fraction of sp³-hybridized carbons (Fsp3) is 1.00. The van der Waals surface area contributed by atoms with E-state index in [2.05, 4.69) is 6.92 Å². The molecule has 2 unspecified atom stereocenters. The van der Waals surface area contributed by atoms with Crippen molar-refractivity contribution in [3.8, 4) is 0 Å². The molecule has 0 aromatic rings. The van der Waals surface area contributed by atoms with E-state index in [9.17, 15) is 13.5 Å². The molecule has 92 valence electrons. The fourth-order valence-electron chi connectivity index (χ4n) is 1.35. The van der Waals surface area contributed by atoms with Crippen LogP contribution in [0.15, 0.2) is 0 Å². The van der Waals surface area contributed by atoms with Crippen LogP contribution in [-0.4, -0.2) is 29.4 Å². The third kappa shape index (κ3) is 7.76. The van der Waals surface area contributed by atoms with E-state index in [1.165, 1.54) is 6.92 Å². The van der Waals surface area contributed by atoms with Crippen LogP contribution in [0.1, 0.15) is 52.4 Å². The van der Waals surface area contributed by atoms with Gasteiger partial charge in [-0.1, -0.05) is 26.2 Å². The molecule has 0 fully saturated rings. The van der Waals surface area contributed by atoms with Crippen LogP contribution in [0.2, 0.25) is 0 Å². The maximum Gasteiger partial charge on any atom is 0.267 e. The normalized spacial score (nSPS) is 16.3. The average molecular weight is 238 g/mol. The molecule has 5 heteroatoms. The smallest absolute Gasteiger partial charge is 0.267 e. The largest absolute Gasteiger partial charge is 0.393 e. The lowest BCUT2D eigenvalue weighted by Gasteiger charge is -2.12. The number of aliphatic hydroxyl groups excluding tert-OH is 1. The van der Waals surface area contributed by atoms with Crippen molar-refractivity contribution in [2.45, 2.75) is 63.7 Å². The molecule has 0 aromatic carbocycles. The van der Waals surface area contributed by atoms with E-state index >= 15 is 0 Å². The third-order valence-electron chi connectivity index (χ3n) is 2.56. The van der Waals surface area contributed by atoms with Crippen LogP contribution < -0.4 is 0 Å². The van der Waals surface area contributed by atoms with Gasteiger partial charge in [-0.05, 0) is 26.2 Å². The van der Waals surface area contributed by atoms with E-state index < -0.39 is 21.5 Å². The third-order valence-corrected chi connectivity index (χ3v) is 3.81. The van der Waals surface area contributed by atoms with Gasteiger partial charge in [-0.3, -0.25) is 4.55 Å². The topological polar surface area (TPSA) is 74.6 Å². The first-order valence-corrected chi connectivity index (χ1v) is 7.02. The predicted molar refractivity (Wildman–Crippen MR) is 60.4 cm³/mol. The highest BCUT2D eigenvalue weighted by Gasteiger charge is 2.18. The van der Waals surface area contributed by atoms with E-state index in [1.54, 1.807) is 0 Å². The standard InChI is InChI=1S/C10H22O4S/c1-3-4-5-6-10(11)8-7-9(2)15(12,13)14/h9-11H,3-8H2,1-2H3,(H,12,13,14). The van der Waals surface area contributed by atoms with Crippen LogP contribution in [0.3, 0.4) is 0 Å². The zero-order chi connectivity index (χ0) is 11.9. The molecular weight excluding hydrogens is 216 g/mol. The van der Waals surface area contributed by atoms with Gasteiger partial charge in [-0.15, -0.1) is 0 Å². The second kappa shape index (κ2) is 7.19. The Bertz CT molecular complexity index is 248. The first-order chi connectivity index (χ1) is 6.88. The van der Waals surface area contributed by atoms with Gasteiger partial charge in [0.15, 0.2) is 0 Å². The summed E-state index contributed by atoms with van der Waals surface area (Å²) in [6.45, 7) is 3.54. The van der Waals surface area contributed by atoms with Crippen molar-refractivity contribution in [3.63, 3.8) is 0 Å². The molecule has 0 bridgehead atoms. The summed E-state index contributed by atoms with van der Waals surface area (Å²) >= 11 is 0. The Morgan fingerprint density at radius 3 is 2.20 bits per heavy atom. The van der Waals surface area contributed by atoms with Crippen molar-refractivity contribution in [2.24, 2.45) is 0 Å². The van der Waals surface area contributed by atoms with E-state index in [0.29, 0.717) is 19.3 Å². The quantitative estimate of drug-likeness (QED) is 0.501. The maximum atomic E-state index is 10.7. The average Bonchev–Trinajstić information content (AvgIpc) is 2.13. The predicted octanol–water partition coefficient (Wildman–Crippen LogP) is 1.98. The molecule has 15 heavy (non-hydrogen) atoms. The Morgan fingerprint density at radius 1 is 1.13 bits per heavy atom. The second-order valence-corrected chi connectivity index (χ2v) is 5.89. The van der Waals surface area contributed by atoms with Crippen LogP contribution >= 0.6 is 0 Å². The van der Waals surface area contributed by atoms with Crippen LogP contribution in [0, 0.1) is 0 Å². The van der Waals surface area contributed by atoms with Crippen LogP contribution in [0.25, 0.3) is 0 Å². The summed E-state index contributed by atoms with van der Waals surface area (Å²) in [5, 5.41) is 8.73. The van der Waals surface area contributed by atoms with Crippen molar-refractivity contribution in [3.05, 3.63) is 0 Å². The summed E-state index contributed by atoms with van der Waals surface area (Å²) in [5.41, 5.74) is 0. The zero-order valence-electron chi connectivity index (χ0n) is 9.52. The molecule has 0 aliphatic carbocycles. The molecular formula is C10H22O4S. The first kappa shape index (κ1) is 14.9. The summed E-state index contributed by atoms with van der Waals surface area (Å²) < 4.78 is 30.1. The van der Waals surface area contributed by atoms with Crippen molar-refractivity contribution in [2.75, 3.05) is 0 Å². The van der Waals surface area contributed by atoms with Gasteiger partial charge >= 0.3 is 0 Å².